The molecule has 0 amide bonds. The van der Waals surface area contributed by atoms with Gasteiger partial charge in [0.05, 0.1) is 11.0 Å². The van der Waals surface area contributed by atoms with Crippen LogP contribution in [0, 0.1) is 0 Å². The van der Waals surface area contributed by atoms with E-state index < -0.39 is 0 Å². The summed E-state index contributed by atoms with van der Waals surface area (Å²) < 4.78 is 0. The monoisotopic (exact) mass is 171 g/mol. The molecular weight excluding hydrogens is 162 g/mol. The number of hydrogen-bond donors (Lipinski definition) is 3. The van der Waals surface area contributed by atoms with E-state index >= 15 is 0 Å². The molecule has 64 valence electrons. The Hall–Kier alpha value is -1.90. The first-order valence-corrected chi connectivity index (χ1v) is 4.19. The topological polar surface area (TPSA) is 57.6 Å². The van der Waals surface area contributed by atoms with Crippen LogP contribution in [0.2, 0.25) is 0 Å². The van der Waals surface area contributed by atoms with E-state index in [0.29, 0.717) is 5.82 Å². The van der Waals surface area contributed by atoms with Gasteiger partial charge in [0.1, 0.15) is 5.82 Å². The zero-order valence-electron chi connectivity index (χ0n) is 6.96. The highest BCUT2D eigenvalue weighted by Gasteiger charge is 2.02. The summed E-state index contributed by atoms with van der Waals surface area (Å²) in [6, 6.07) is 8.14. The van der Waals surface area contributed by atoms with Crippen molar-refractivity contribution in [1.29, 1.82) is 0 Å². The van der Waals surface area contributed by atoms with E-state index in [4.69, 9.17) is 5.73 Å². The molecule has 2 aromatic heterocycles. The van der Waals surface area contributed by atoms with Crippen LogP contribution in [0.25, 0.3) is 21.8 Å². The van der Waals surface area contributed by atoms with Crippen LogP contribution in [0.15, 0.2) is 30.5 Å². The molecule has 3 aromatic rings. The minimum atomic E-state index is 0.706. The summed E-state index contributed by atoms with van der Waals surface area (Å²) >= 11 is 0. The highest BCUT2D eigenvalue weighted by atomic mass is 14.9. The summed E-state index contributed by atoms with van der Waals surface area (Å²) in [5, 5.41) is 2.35. The van der Waals surface area contributed by atoms with Crippen LogP contribution in [0.3, 0.4) is 0 Å². The van der Waals surface area contributed by atoms with Crippen LogP contribution in [0.1, 0.15) is 0 Å². The molecule has 0 bridgehead atoms. The van der Waals surface area contributed by atoms with E-state index in [-0.39, 0.29) is 0 Å². The molecule has 2 heterocycles. The summed E-state index contributed by atoms with van der Waals surface area (Å²) in [6.45, 7) is 0. The third-order valence-corrected chi connectivity index (χ3v) is 2.34. The number of nitrogens with two attached hydrogens (primary N) is 1. The van der Waals surface area contributed by atoms with Gasteiger partial charge in [-0.05, 0) is 12.1 Å². The van der Waals surface area contributed by atoms with E-state index in [2.05, 4.69) is 22.1 Å². The predicted octanol–water partition coefficient (Wildman–Crippen LogP) is 2.23. The van der Waals surface area contributed by atoms with E-state index in [1.165, 1.54) is 5.39 Å². The van der Waals surface area contributed by atoms with Crippen molar-refractivity contribution in [3.05, 3.63) is 30.5 Å². The molecule has 1 aromatic carbocycles. The first kappa shape index (κ1) is 6.60. The zero-order valence-corrected chi connectivity index (χ0v) is 6.96. The molecule has 3 heteroatoms. The van der Waals surface area contributed by atoms with Gasteiger partial charge in [0.15, 0.2) is 0 Å². The van der Waals surface area contributed by atoms with Crippen LogP contribution >= 0.6 is 0 Å². The quantitative estimate of drug-likeness (QED) is 0.477. The van der Waals surface area contributed by atoms with Gasteiger partial charge in [0.2, 0.25) is 0 Å². The molecule has 3 rings (SSSR count). The van der Waals surface area contributed by atoms with Crippen LogP contribution < -0.4 is 5.73 Å². The molecule has 0 radical (unpaired) electrons. The summed E-state index contributed by atoms with van der Waals surface area (Å²) in [5.74, 6) is 0.706. The lowest BCUT2D eigenvalue weighted by molar-refractivity contribution is 1.44. The van der Waals surface area contributed by atoms with Gasteiger partial charge in [0.25, 0.3) is 0 Å². The molecule has 13 heavy (non-hydrogen) atoms. The van der Waals surface area contributed by atoms with E-state index in [0.717, 1.165) is 16.4 Å². The second kappa shape index (κ2) is 2.07. The fourth-order valence-electron chi connectivity index (χ4n) is 1.75. The Labute approximate surface area is 74.6 Å². The first-order valence-electron chi connectivity index (χ1n) is 4.19. The number of anilines is 1. The average molecular weight is 171 g/mol. The van der Waals surface area contributed by atoms with Gasteiger partial charge in [0, 0.05) is 17.0 Å². The van der Waals surface area contributed by atoms with Gasteiger partial charge in [-0.1, -0.05) is 12.1 Å². The fourth-order valence-corrected chi connectivity index (χ4v) is 1.75. The van der Waals surface area contributed by atoms with Crippen LogP contribution in [0.5, 0.6) is 0 Å². The molecular formula is C10H9N3. The number of H-pyrrole nitrogens is 2. The first-order chi connectivity index (χ1) is 6.34. The lowest BCUT2D eigenvalue weighted by Gasteiger charge is -1.91. The van der Waals surface area contributed by atoms with Gasteiger partial charge in [-0.2, -0.15) is 0 Å². The fraction of sp³-hybridized carbons (Fsp3) is 0. The van der Waals surface area contributed by atoms with Crippen molar-refractivity contribution >= 4 is 27.6 Å². The molecule has 0 spiro atoms. The molecule has 0 saturated carbocycles. The Bertz CT molecular complexity index is 574. The zero-order chi connectivity index (χ0) is 8.84. The minimum Gasteiger partial charge on any atom is -0.385 e. The lowest BCUT2D eigenvalue weighted by Crippen LogP contribution is -1.81. The molecule has 0 saturated heterocycles. The summed E-state index contributed by atoms with van der Waals surface area (Å²) in [5.41, 5.74) is 7.88. The Balaban J connectivity index is 2.64. The molecule has 4 N–H and O–H groups in total. The van der Waals surface area contributed by atoms with Crippen molar-refractivity contribution in [3.63, 3.8) is 0 Å². The maximum absolute atomic E-state index is 5.68. The van der Waals surface area contributed by atoms with Crippen molar-refractivity contribution in [2.45, 2.75) is 0 Å². The average Bonchev–Trinajstić information content (AvgIpc) is 2.65. The van der Waals surface area contributed by atoms with Crippen LogP contribution in [0.4, 0.5) is 5.82 Å². The SMILES string of the molecule is Nc1cc2ccc3cc[nH]c3c2[nH]1. The van der Waals surface area contributed by atoms with E-state index in [1.54, 1.807) is 0 Å². The second-order valence-corrected chi connectivity index (χ2v) is 3.20. The smallest absolute Gasteiger partial charge is 0.101 e. The van der Waals surface area contributed by atoms with Gasteiger partial charge in [-0.15, -0.1) is 0 Å². The number of nitrogen functional groups attached to an aromatic ring is 1. The van der Waals surface area contributed by atoms with Gasteiger partial charge < -0.3 is 15.7 Å². The highest BCUT2D eigenvalue weighted by Crippen LogP contribution is 2.24. The Morgan fingerprint density at radius 1 is 1.00 bits per heavy atom. The van der Waals surface area contributed by atoms with Crippen LogP contribution in [-0.4, -0.2) is 9.97 Å². The number of fused-ring (bicyclic) bond motifs is 3. The number of aromatic nitrogens is 2. The predicted molar refractivity (Wildman–Crippen MR) is 54.6 cm³/mol. The summed E-state index contributed by atoms with van der Waals surface area (Å²) in [4.78, 5) is 6.32. The molecule has 0 aliphatic heterocycles. The molecule has 0 aliphatic rings. The van der Waals surface area contributed by atoms with Gasteiger partial charge in [-0.25, -0.2) is 0 Å². The summed E-state index contributed by atoms with van der Waals surface area (Å²) in [6.07, 6.45) is 1.93. The molecule has 0 unspecified atom stereocenters. The standard InChI is InChI=1S/C10H9N3/c11-8-5-7-2-1-6-3-4-12-9(6)10(7)13-8/h1-5,12-13H,11H2. The number of benzene rings is 1. The number of rotatable bonds is 0. The minimum absolute atomic E-state index is 0.706. The van der Waals surface area contributed by atoms with Crippen molar-refractivity contribution in [1.82, 2.24) is 9.97 Å². The molecule has 0 fully saturated rings. The Kier molecular flexibility index (Phi) is 1.05. The number of hydrogen-bond acceptors (Lipinski definition) is 1. The van der Waals surface area contributed by atoms with Gasteiger partial charge in [-0.3, -0.25) is 0 Å². The van der Waals surface area contributed by atoms with Crippen molar-refractivity contribution < 1.29 is 0 Å². The maximum Gasteiger partial charge on any atom is 0.101 e. The normalized spacial score (nSPS) is 11.4. The van der Waals surface area contributed by atoms with Crippen molar-refractivity contribution in [3.8, 4) is 0 Å². The molecule has 0 atom stereocenters. The highest BCUT2D eigenvalue weighted by molar-refractivity contribution is 6.04. The largest absolute Gasteiger partial charge is 0.385 e. The van der Waals surface area contributed by atoms with Crippen molar-refractivity contribution in [2.75, 3.05) is 5.73 Å². The lowest BCUT2D eigenvalue weighted by atomic mass is 10.2. The third-order valence-electron chi connectivity index (χ3n) is 2.34. The van der Waals surface area contributed by atoms with E-state index in [1.807, 2.05) is 18.3 Å². The van der Waals surface area contributed by atoms with Crippen LogP contribution in [-0.2, 0) is 0 Å². The summed E-state index contributed by atoms with van der Waals surface area (Å²) in [7, 11) is 0. The third kappa shape index (κ3) is 0.783. The Morgan fingerprint density at radius 2 is 1.85 bits per heavy atom. The maximum atomic E-state index is 5.68. The number of nitrogens with one attached hydrogen (secondary N) is 2. The molecule has 3 nitrogen and oxygen atoms in total. The molecule has 0 aliphatic carbocycles. The van der Waals surface area contributed by atoms with E-state index in [9.17, 15) is 0 Å². The van der Waals surface area contributed by atoms with Gasteiger partial charge >= 0.3 is 0 Å². The second-order valence-electron chi connectivity index (χ2n) is 3.20. The Morgan fingerprint density at radius 3 is 2.77 bits per heavy atom. The number of aromatic amines is 2. The van der Waals surface area contributed by atoms with Crippen molar-refractivity contribution in [2.24, 2.45) is 0 Å².